The van der Waals surface area contributed by atoms with Gasteiger partial charge < -0.3 is 4.90 Å². The SMILES string of the molecule is CCCCCCCCCCCCCCCCCCN(CCCCCCCCCCCCCCCCCC)c1ccc(C=Cc2ccccc2)cc1. The zero-order valence-corrected chi connectivity index (χ0v) is 34.3. The van der Waals surface area contributed by atoms with Crippen LogP contribution in [0.15, 0.2) is 54.6 Å². The minimum atomic E-state index is 1.20. The van der Waals surface area contributed by atoms with Crippen LogP contribution in [-0.2, 0) is 0 Å². The van der Waals surface area contributed by atoms with Gasteiger partial charge >= 0.3 is 0 Å². The molecular formula is C50H85N. The second-order valence-electron chi connectivity index (χ2n) is 15.9. The molecule has 0 unspecified atom stereocenters. The summed E-state index contributed by atoms with van der Waals surface area (Å²) < 4.78 is 0. The van der Waals surface area contributed by atoms with Gasteiger partial charge in [0.05, 0.1) is 0 Å². The van der Waals surface area contributed by atoms with Crippen molar-refractivity contribution >= 4 is 17.8 Å². The summed E-state index contributed by atoms with van der Waals surface area (Å²) in [5, 5.41) is 0. The summed E-state index contributed by atoms with van der Waals surface area (Å²) in [7, 11) is 0. The molecule has 0 aliphatic heterocycles. The van der Waals surface area contributed by atoms with E-state index in [9.17, 15) is 0 Å². The average Bonchev–Trinajstić information content (AvgIpc) is 3.16. The summed E-state index contributed by atoms with van der Waals surface area (Å²) in [6.07, 6.45) is 50.3. The summed E-state index contributed by atoms with van der Waals surface area (Å²) >= 11 is 0. The molecule has 0 saturated heterocycles. The van der Waals surface area contributed by atoms with Crippen LogP contribution < -0.4 is 4.90 Å². The Balaban J connectivity index is 1.59. The molecule has 2 rings (SSSR count). The summed E-state index contributed by atoms with van der Waals surface area (Å²) in [5.74, 6) is 0. The Morgan fingerprint density at radius 2 is 0.588 bits per heavy atom. The highest BCUT2D eigenvalue weighted by Gasteiger charge is 2.07. The molecule has 0 spiro atoms. The quantitative estimate of drug-likeness (QED) is 0.0501. The Kier molecular flexibility index (Phi) is 31.0. The number of unbranched alkanes of at least 4 members (excludes halogenated alkanes) is 30. The highest BCUT2D eigenvalue weighted by Crippen LogP contribution is 2.21. The molecule has 0 radical (unpaired) electrons. The molecule has 0 heterocycles. The van der Waals surface area contributed by atoms with E-state index < -0.39 is 0 Å². The summed E-state index contributed by atoms with van der Waals surface area (Å²) in [6.45, 7) is 7.03. The van der Waals surface area contributed by atoms with Gasteiger partial charge in [-0.05, 0) is 36.1 Å². The van der Waals surface area contributed by atoms with Crippen molar-refractivity contribution in [3.8, 4) is 0 Å². The van der Waals surface area contributed by atoms with Gasteiger partial charge in [-0.3, -0.25) is 0 Å². The van der Waals surface area contributed by atoms with E-state index in [1.807, 2.05) is 0 Å². The van der Waals surface area contributed by atoms with Crippen LogP contribution in [0.25, 0.3) is 12.2 Å². The average molecular weight is 700 g/mol. The Bertz CT molecular complexity index is 956. The molecule has 0 saturated carbocycles. The first-order chi connectivity index (χ1) is 25.3. The van der Waals surface area contributed by atoms with Gasteiger partial charge in [0.25, 0.3) is 0 Å². The van der Waals surface area contributed by atoms with Crippen LogP contribution in [0.5, 0.6) is 0 Å². The molecule has 0 aliphatic carbocycles. The lowest BCUT2D eigenvalue weighted by Crippen LogP contribution is -2.25. The molecule has 0 aromatic heterocycles. The maximum absolute atomic E-state index is 2.69. The normalized spacial score (nSPS) is 11.6. The van der Waals surface area contributed by atoms with Gasteiger partial charge in [0.2, 0.25) is 0 Å². The first-order valence-corrected chi connectivity index (χ1v) is 22.9. The largest absolute Gasteiger partial charge is 0.372 e. The molecule has 0 aliphatic rings. The van der Waals surface area contributed by atoms with Crippen molar-refractivity contribution in [2.24, 2.45) is 0 Å². The van der Waals surface area contributed by atoms with Crippen LogP contribution in [0.4, 0.5) is 5.69 Å². The van der Waals surface area contributed by atoms with Crippen molar-refractivity contribution in [1.29, 1.82) is 0 Å². The van der Waals surface area contributed by atoms with Crippen molar-refractivity contribution in [1.82, 2.24) is 0 Å². The number of nitrogens with zero attached hydrogens (tertiary/aromatic N) is 1. The lowest BCUT2D eigenvalue weighted by molar-refractivity contribution is 0.524. The maximum Gasteiger partial charge on any atom is 0.0366 e. The fourth-order valence-electron chi connectivity index (χ4n) is 7.62. The van der Waals surface area contributed by atoms with Gasteiger partial charge in [0.1, 0.15) is 0 Å². The monoisotopic (exact) mass is 700 g/mol. The highest BCUT2D eigenvalue weighted by atomic mass is 15.1. The summed E-state index contributed by atoms with van der Waals surface area (Å²) in [4.78, 5) is 2.69. The Labute approximate surface area is 319 Å². The van der Waals surface area contributed by atoms with Crippen LogP contribution in [0.2, 0.25) is 0 Å². The van der Waals surface area contributed by atoms with Gasteiger partial charge in [-0.15, -0.1) is 0 Å². The third-order valence-corrected chi connectivity index (χ3v) is 11.1. The van der Waals surface area contributed by atoms with E-state index in [1.165, 1.54) is 235 Å². The Hall–Kier alpha value is -2.02. The van der Waals surface area contributed by atoms with E-state index >= 15 is 0 Å². The van der Waals surface area contributed by atoms with Crippen LogP contribution in [0.1, 0.15) is 230 Å². The van der Waals surface area contributed by atoms with Crippen LogP contribution in [0.3, 0.4) is 0 Å². The Morgan fingerprint density at radius 3 is 0.902 bits per heavy atom. The molecule has 51 heavy (non-hydrogen) atoms. The van der Waals surface area contributed by atoms with Gasteiger partial charge in [-0.1, -0.05) is 261 Å². The Morgan fingerprint density at radius 1 is 0.314 bits per heavy atom. The minimum Gasteiger partial charge on any atom is -0.372 e. The van der Waals surface area contributed by atoms with E-state index in [2.05, 4.69) is 85.5 Å². The van der Waals surface area contributed by atoms with Crippen LogP contribution >= 0.6 is 0 Å². The molecule has 0 amide bonds. The van der Waals surface area contributed by atoms with E-state index in [0.29, 0.717) is 0 Å². The topological polar surface area (TPSA) is 3.24 Å². The second kappa shape index (κ2) is 35.0. The van der Waals surface area contributed by atoms with Gasteiger partial charge in [0.15, 0.2) is 0 Å². The van der Waals surface area contributed by atoms with Crippen LogP contribution in [0, 0.1) is 0 Å². The summed E-state index contributed by atoms with van der Waals surface area (Å²) in [6, 6.07) is 20.0. The third kappa shape index (κ3) is 27.3. The number of benzene rings is 2. The molecule has 1 nitrogen and oxygen atoms in total. The molecule has 0 N–H and O–H groups in total. The number of hydrogen-bond acceptors (Lipinski definition) is 1. The van der Waals surface area contributed by atoms with E-state index in [0.717, 1.165) is 0 Å². The molecule has 1 heteroatoms. The van der Waals surface area contributed by atoms with Crippen molar-refractivity contribution < 1.29 is 0 Å². The molecule has 2 aromatic carbocycles. The van der Waals surface area contributed by atoms with E-state index in [4.69, 9.17) is 0 Å². The van der Waals surface area contributed by atoms with Crippen molar-refractivity contribution in [2.75, 3.05) is 18.0 Å². The predicted molar refractivity (Wildman–Crippen MR) is 233 cm³/mol. The smallest absolute Gasteiger partial charge is 0.0366 e. The number of hydrogen-bond donors (Lipinski definition) is 0. The number of rotatable bonds is 37. The molecule has 0 fully saturated rings. The molecule has 290 valence electrons. The van der Waals surface area contributed by atoms with E-state index in [1.54, 1.807) is 0 Å². The fraction of sp³-hybridized carbons (Fsp3) is 0.720. The lowest BCUT2D eigenvalue weighted by Gasteiger charge is -2.25. The van der Waals surface area contributed by atoms with Crippen molar-refractivity contribution in [2.45, 2.75) is 219 Å². The first-order valence-electron chi connectivity index (χ1n) is 22.9. The molecular weight excluding hydrogens is 615 g/mol. The first kappa shape index (κ1) is 45.1. The molecule has 0 bridgehead atoms. The van der Waals surface area contributed by atoms with E-state index in [-0.39, 0.29) is 0 Å². The zero-order chi connectivity index (χ0) is 36.1. The lowest BCUT2D eigenvalue weighted by atomic mass is 10.0. The highest BCUT2D eigenvalue weighted by molar-refractivity contribution is 5.70. The molecule has 0 atom stereocenters. The van der Waals surface area contributed by atoms with Gasteiger partial charge in [-0.2, -0.15) is 0 Å². The predicted octanol–water partition coefficient (Wildman–Crippen LogP) is 17.2. The summed E-state index contributed by atoms with van der Waals surface area (Å²) in [5.41, 5.74) is 3.95. The number of anilines is 1. The second-order valence-corrected chi connectivity index (χ2v) is 15.9. The van der Waals surface area contributed by atoms with Gasteiger partial charge in [-0.25, -0.2) is 0 Å². The van der Waals surface area contributed by atoms with Crippen molar-refractivity contribution in [3.05, 3.63) is 65.7 Å². The van der Waals surface area contributed by atoms with Crippen LogP contribution in [-0.4, -0.2) is 13.1 Å². The third-order valence-electron chi connectivity index (χ3n) is 11.1. The minimum absolute atomic E-state index is 1.20. The van der Waals surface area contributed by atoms with Crippen molar-refractivity contribution in [3.63, 3.8) is 0 Å². The maximum atomic E-state index is 2.69. The molecule has 2 aromatic rings. The zero-order valence-electron chi connectivity index (χ0n) is 34.3. The van der Waals surface area contributed by atoms with Gasteiger partial charge in [0, 0.05) is 18.8 Å². The standard InChI is InChI=1S/C50H85N/c1-3-5-7-9-11-13-15-17-19-21-23-25-27-29-31-36-46-51(50-44-42-49(43-45-50)41-40-48-38-34-33-35-39-48)47-37-32-30-28-26-24-22-20-18-16-14-12-10-8-6-4-2/h33-35,38-45H,3-32,36-37,46-47H2,1-2H3. The fourth-order valence-corrected chi connectivity index (χ4v) is 7.62.